The van der Waals surface area contributed by atoms with Gasteiger partial charge in [0.1, 0.15) is 5.76 Å². The van der Waals surface area contributed by atoms with Crippen LogP contribution in [0.4, 0.5) is 4.39 Å². The van der Waals surface area contributed by atoms with E-state index < -0.39 is 5.82 Å². The zero-order chi connectivity index (χ0) is 15.4. The number of amides is 1. The zero-order valence-electron chi connectivity index (χ0n) is 12.1. The molecule has 0 saturated heterocycles. The van der Waals surface area contributed by atoms with Crippen molar-refractivity contribution < 1.29 is 18.3 Å². The Kier molecular flexibility index (Phi) is 4.57. The molecular weight excluding hydrogens is 275 g/mol. The number of carbonyl (C=O) groups excluding carboxylic acids is 1. The van der Waals surface area contributed by atoms with Crippen molar-refractivity contribution in [2.45, 2.75) is 26.3 Å². The highest BCUT2D eigenvalue weighted by Crippen LogP contribution is 2.22. The maximum atomic E-state index is 13.7. The van der Waals surface area contributed by atoms with Gasteiger partial charge in [-0.2, -0.15) is 0 Å². The smallest absolute Gasteiger partial charge is 0.274 e. The number of hydrogen-bond donors (Lipinski definition) is 1. The van der Waals surface area contributed by atoms with Gasteiger partial charge in [-0.3, -0.25) is 4.79 Å². The molecule has 1 aromatic heterocycles. The van der Waals surface area contributed by atoms with Crippen LogP contribution in [0.5, 0.6) is 5.75 Å². The van der Waals surface area contributed by atoms with E-state index in [1.165, 1.54) is 25.6 Å². The number of aromatic nitrogens is 1. The highest BCUT2D eigenvalue weighted by molar-refractivity contribution is 5.93. The predicted octanol–water partition coefficient (Wildman–Crippen LogP) is 2.88. The summed E-state index contributed by atoms with van der Waals surface area (Å²) >= 11 is 0. The maximum Gasteiger partial charge on any atom is 0.274 e. The summed E-state index contributed by atoms with van der Waals surface area (Å²) < 4.78 is 23.7. The maximum absolute atomic E-state index is 13.7. The Labute approximate surface area is 122 Å². The molecule has 6 heteroatoms. The minimum absolute atomic E-state index is 0.169. The number of hydrogen-bond acceptors (Lipinski definition) is 4. The van der Waals surface area contributed by atoms with Gasteiger partial charge in [0.2, 0.25) is 0 Å². The average molecular weight is 292 g/mol. The quantitative estimate of drug-likeness (QED) is 0.920. The minimum Gasteiger partial charge on any atom is -0.494 e. The molecular formula is C15H17FN2O3. The fourth-order valence-electron chi connectivity index (χ4n) is 2.01. The van der Waals surface area contributed by atoms with Gasteiger partial charge in [0.05, 0.1) is 13.2 Å². The molecule has 1 amide bonds. The number of aryl methyl sites for hydroxylation is 1. The van der Waals surface area contributed by atoms with Crippen molar-refractivity contribution in [3.63, 3.8) is 0 Å². The van der Waals surface area contributed by atoms with E-state index in [9.17, 15) is 9.18 Å². The molecule has 1 heterocycles. The first-order valence-electron chi connectivity index (χ1n) is 6.63. The van der Waals surface area contributed by atoms with Gasteiger partial charge in [-0.25, -0.2) is 9.37 Å². The number of methoxy groups -OCH3 is 1. The first kappa shape index (κ1) is 15.0. The number of rotatable bonds is 5. The van der Waals surface area contributed by atoms with Crippen molar-refractivity contribution in [2.75, 3.05) is 7.11 Å². The monoisotopic (exact) mass is 292 g/mol. The third-order valence-electron chi connectivity index (χ3n) is 3.20. The van der Waals surface area contributed by atoms with Crippen molar-refractivity contribution in [3.8, 4) is 5.75 Å². The molecule has 0 radical (unpaired) electrons. The second-order valence-corrected chi connectivity index (χ2v) is 4.57. The fraction of sp³-hybridized carbons (Fsp3) is 0.333. The van der Waals surface area contributed by atoms with Gasteiger partial charge in [-0.1, -0.05) is 13.0 Å². The Bertz CT molecular complexity index is 640. The normalized spacial score (nSPS) is 12.0. The van der Waals surface area contributed by atoms with Crippen LogP contribution in [0.3, 0.4) is 0 Å². The van der Waals surface area contributed by atoms with Crippen molar-refractivity contribution in [1.82, 2.24) is 10.3 Å². The predicted molar refractivity (Wildman–Crippen MR) is 74.7 cm³/mol. The van der Waals surface area contributed by atoms with Crippen LogP contribution in [0, 0.1) is 5.82 Å². The summed E-state index contributed by atoms with van der Waals surface area (Å²) in [5.74, 6) is -0.112. The van der Waals surface area contributed by atoms with Crippen LogP contribution in [0.1, 0.15) is 41.7 Å². The fourth-order valence-corrected chi connectivity index (χ4v) is 2.01. The summed E-state index contributed by atoms with van der Waals surface area (Å²) in [7, 11) is 1.40. The number of carbonyl (C=O) groups is 1. The van der Waals surface area contributed by atoms with E-state index in [1.54, 1.807) is 13.0 Å². The molecule has 112 valence electrons. The molecule has 2 rings (SSSR count). The summed E-state index contributed by atoms with van der Waals surface area (Å²) in [4.78, 5) is 16.0. The van der Waals surface area contributed by atoms with Crippen LogP contribution in [0.15, 0.2) is 29.0 Å². The summed E-state index contributed by atoms with van der Waals surface area (Å²) in [6, 6.07) is 4.21. The SMILES string of the molecule is CCc1ocnc1C(=O)N[C@H](C)c1ccc(OC)c(F)c1. The lowest BCUT2D eigenvalue weighted by Crippen LogP contribution is -2.27. The van der Waals surface area contributed by atoms with Gasteiger partial charge < -0.3 is 14.5 Å². The third-order valence-corrected chi connectivity index (χ3v) is 3.20. The zero-order valence-corrected chi connectivity index (χ0v) is 12.1. The molecule has 0 fully saturated rings. The average Bonchev–Trinajstić information content (AvgIpc) is 2.95. The highest BCUT2D eigenvalue weighted by atomic mass is 19.1. The van der Waals surface area contributed by atoms with E-state index >= 15 is 0 Å². The van der Waals surface area contributed by atoms with Crippen LogP contribution in [-0.4, -0.2) is 18.0 Å². The van der Waals surface area contributed by atoms with E-state index in [4.69, 9.17) is 9.15 Å². The Morgan fingerprint density at radius 1 is 1.52 bits per heavy atom. The Morgan fingerprint density at radius 2 is 2.29 bits per heavy atom. The van der Waals surface area contributed by atoms with Crippen molar-refractivity contribution in [3.05, 3.63) is 47.4 Å². The molecule has 0 spiro atoms. The molecule has 1 N–H and O–H groups in total. The van der Waals surface area contributed by atoms with Crippen molar-refractivity contribution in [1.29, 1.82) is 0 Å². The topological polar surface area (TPSA) is 64.4 Å². The van der Waals surface area contributed by atoms with E-state index in [2.05, 4.69) is 10.3 Å². The van der Waals surface area contributed by atoms with E-state index in [0.717, 1.165) is 0 Å². The second kappa shape index (κ2) is 6.39. The summed E-state index contributed by atoms with van der Waals surface area (Å²) in [5, 5.41) is 2.77. The van der Waals surface area contributed by atoms with Gasteiger partial charge in [-0.05, 0) is 24.6 Å². The summed E-state index contributed by atoms with van der Waals surface area (Å²) in [5.41, 5.74) is 0.904. The molecule has 0 bridgehead atoms. The number of nitrogens with zero attached hydrogens (tertiary/aromatic N) is 1. The molecule has 2 aromatic rings. The number of nitrogens with one attached hydrogen (secondary N) is 1. The van der Waals surface area contributed by atoms with E-state index in [-0.39, 0.29) is 23.4 Å². The van der Waals surface area contributed by atoms with Crippen LogP contribution in [-0.2, 0) is 6.42 Å². The lowest BCUT2D eigenvalue weighted by Gasteiger charge is -2.14. The lowest BCUT2D eigenvalue weighted by atomic mass is 10.1. The van der Waals surface area contributed by atoms with Crippen molar-refractivity contribution in [2.24, 2.45) is 0 Å². The largest absolute Gasteiger partial charge is 0.494 e. The van der Waals surface area contributed by atoms with E-state index in [1.807, 2.05) is 6.92 Å². The molecule has 0 saturated carbocycles. The summed E-state index contributed by atoms with van der Waals surface area (Å²) in [6.07, 6.45) is 1.82. The van der Waals surface area contributed by atoms with Crippen LogP contribution < -0.4 is 10.1 Å². The van der Waals surface area contributed by atoms with Gasteiger partial charge in [0.25, 0.3) is 5.91 Å². The van der Waals surface area contributed by atoms with Crippen LogP contribution in [0.25, 0.3) is 0 Å². The first-order chi connectivity index (χ1) is 10.1. The molecule has 0 unspecified atom stereocenters. The molecule has 1 atom stereocenters. The molecule has 5 nitrogen and oxygen atoms in total. The Balaban J connectivity index is 2.12. The molecule has 0 aliphatic rings. The van der Waals surface area contributed by atoms with E-state index in [0.29, 0.717) is 17.7 Å². The second-order valence-electron chi connectivity index (χ2n) is 4.57. The molecule has 0 aliphatic carbocycles. The van der Waals surface area contributed by atoms with Crippen LogP contribution in [0.2, 0.25) is 0 Å². The van der Waals surface area contributed by atoms with Gasteiger partial charge >= 0.3 is 0 Å². The molecule has 1 aromatic carbocycles. The van der Waals surface area contributed by atoms with Gasteiger partial charge in [-0.15, -0.1) is 0 Å². The highest BCUT2D eigenvalue weighted by Gasteiger charge is 2.18. The third kappa shape index (κ3) is 3.21. The Hall–Kier alpha value is -2.37. The Morgan fingerprint density at radius 3 is 2.90 bits per heavy atom. The number of oxazole rings is 1. The molecule has 21 heavy (non-hydrogen) atoms. The lowest BCUT2D eigenvalue weighted by molar-refractivity contribution is 0.0933. The first-order valence-corrected chi connectivity index (χ1v) is 6.63. The number of ether oxygens (including phenoxy) is 1. The summed E-state index contributed by atoms with van der Waals surface area (Å²) in [6.45, 7) is 3.64. The molecule has 0 aliphatic heterocycles. The van der Waals surface area contributed by atoms with Crippen molar-refractivity contribution >= 4 is 5.91 Å². The van der Waals surface area contributed by atoms with Crippen LogP contribution >= 0.6 is 0 Å². The number of halogens is 1. The minimum atomic E-state index is -0.466. The number of benzene rings is 1. The van der Waals surface area contributed by atoms with Gasteiger partial charge in [0.15, 0.2) is 23.7 Å². The van der Waals surface area contributed by atoms with Gasteiger partial charge in [0, 0.05) is 6.42 Å². The standard InChI is InChI=1S/C15H17FN2O3/c1-4-12-14(17-8-21-12)15(19)18-9(2)10-5-6-13(20-3)11(16)7-10/h5-9H,4H2,1-3H3,(H,18,19)/t9-/m1/s1.